The lowest BCUT2D eigenvalue weighted by Crippen LogP contribution is -2.39. The van der Waals surface area contributed by atoms with Crippen LogP contribution in [0.15, 0.2) is 18.2 Å². The lowest BCUT2D eigenvalue weighted by Gasteiger charge is -2.13. The lowest BCUT2D eigenvalue weighted by atomic mass is 10.2. The summed E-state index contributed by atoms with van der Waals surface area (Å²) in [4.78, 5) is 24.3. The third-order valence-corrected chi connectivity index (χ3v) is 4.32. The summed E-state index contributed by atoms with van der Waals surface area (Å²) in [5.74, 6) is -0.553. The largest absolute Gasteiger partial charge is 0.462 e. The molecule has 0 spiro atoms. The van der Waals surface area contributed by atoms with Crippen LogP contribution in [0.4, 0.5) is 13.2 Å². The molecule has 0 saturated carbocycles. The standard InChI is InChI=1S/C18H22F3N3O3/c1-5-23-12(4)24(11(3)16(25)22-10-18(19,20)21)15-9-13(7-8-14(15)23)17(26)27-6-2/h7-9,11H,5-6,10H2,1-4H3/p+1/t11-/m0/s1. The molecule has 1 N–H and O–H groups in total. The highest BCUT2D eigenvalue weighted by Crippen LogP contribution is 2.22. The first-order valence-corrected chi connectivity index (χ1v) is 8.66. The molecule has 2 rings (SSSR count). The van der Waals surface area contributed by atoms with Crippen molar-refractivity contribution in [3.63, 3.8) is 0 Å². The Labute approximate surface area is 154 Å². The molecule has 2 aromatic rings. The van der Waals surface area contributed by atoms with Crippen LogP contribution in [0.3, 0.4) is 0 Å². The van der Waals surface area contributed by atoms with Gasteiger partial charge in [-0.05, 0) is 32.9 Å². The van der Waals surface area contributed by atoms with Crippen LogP contribution in [0.25, 0.3) is 11.0 Å². The van der Waals surface area contributed by atoms with Gasteiger partial charge in [-0.2, -0.15) is 13.2 Å². The average molecular weight is 386 g/mol. The van der Waals surface area contributed by atoms with E-state index in [1.165, 1.54) is 6.92 Å². The first-order valence-electron chi connectivity index (χ1n) is 8.66. The summed E-state index contributed by atoms with van der Waals surface area (Å²) in [6, 6.07) is 4.08. The fourth-order valence-corrected chi connectivity index (χ4v) is 3.11. The van der Waals surface area contributed by atoms with Crippen molar-refractivity contribution in [3.05, 3.63) is 29.6 Å². The van der Waals surface area contributed by atoms with E-state index >= 15 is 0 Å². The number of aromatic nitrogens is 2. The third kappa shape index (κ3) is 4.40. The number of fused-ring (bicyclic) bond motifs is 1. The maximum Gasteiger partial charge on any atom is 0.405 e. The van der Waals surface area contributed by atoms with Gasteiger partial charge in [0, 0.05) is 13.0 Å². The first-order chi connectivity index (χ1) is 12.6. The van der Waals surface area contributed by atoms with E-state index in [4.69, 9.17) is 4.74 Å². The van der Waals surface area contributed by atoms with Crippen LogP contribution >= 0.6 is 0 Å². The van der Waals surface area contributed by atoms with Gasteiger partial charge in [-0.25, -0.2) is 13.9 Å². The van der Waals surface area contributed by atoms with Gasteiger partial charge in [-0.3, -0.25) is 4.79 Å². The molecule has 6 nitrogen and oxygen atoms in total. The molecule has 1 heterocycles. The molecule has 0 unspecified atom stereocenters. The highest BCUT2D eigenvalue weighted by Gasteiger charge is 2.33. The van der Waals surface area contributed by atoms with E-state index in [9.17, 15) is 22.8 Å². The van der Waals surface area contributed by atoms with E-state index in [1.54, 1.807) is 36.6 Å². The van der Waals surface area contributed by atoms with E-state index in [0.717, 1.165) is 5.52 Å². The lowest BCUT2D eigenvalue weighted by molar-refractivity contribution is -0.675. The van der Waals surface area contributed by atoms with Crippen molar-refractivity contribution < 1.29 is 32.1 Å². The van der Waals surface area contributed by atoms with Gasteiger partial charge in [0.05, 0.1) is 18.7 Å². The smallest absolute Gasteiger partial charge is 0.405 e. The number of carbonyl (C=O) groups is 2. The Kier molecular flexibility index (Phi) is 6.12. The normalized spacial score (nSPS) is 12.9. The molecule has 1 atom stereocenters. The van der Waals surface area contributed by atoms with Gasteiger partial charge in [-0.15, -0.1) is 0 Å². The molecule has 9 heteroatoms. The van der Waals surface area contributed by atoms with Crippen molar-refractivity contribution in [1.29, 1.82) is 0 Å². The summed E-state index contributed by atoms with van der Waals surface area (Å²) in [7, 11) is 0. The summed E-state index contributed by atoms with van der Waals surface area (Å²) in [6.45, 7) is 6.35. The SMILES string of the molecule is CCOC(=O)c1ccc2c(c1)n([C@@H](C)C(=O)NCC(F)(F)F)c(C)[n+]2CC. The highest BCUT2D eigenvalue weighted by atomic mass is 19.4. The van der Waals surface area contributed by atoms with Gasteiger partial charge >= 0.3 is 12.1 Å². The Morgan fingerprint density at radius 3 is 2.52 bits per heavy atom. The number of aryl methyl sites for hydroxylation is 1. The van der Waals surface area contributed by atoms with Gasteiger partial charge in [0.1, 0.15) is 6.54 Å². The Morgan fingerprint density at radius 1 is 1.30 bits per heavy atom. The quantitative estimate of drug-likeness (QED) is 0.613. The molecule has 0 radical (unpaired) electrons. The minimum Gasteiger partial charge on any atom is -0.462 e. The number of alkyl halides is 3. The van der Waals surface area contributed by atoms with Gasteiger partial charge in [0.15, 0.2) is 17.1 Å². The number of ether oxygens (including phenoxy) is 1. The first kappa shape index (κ1) is 20.7. The molecule has 1 amide bonds. The Hall–Kier alpha value is -2.58. The zero-order chi connectivity index (χ0) is 20.4. The summed E-state index contributed by atoms with van der Waals surface area (Å²) < 4.78 is 45.8. The molecular formula is C18H23F3N3O3+. The third-order valence-electron chi connectivity index (χ3n) is 4.32. The van der Waals surface area contributed by atoms with Crippen LogP contribution < -0.4 is 9.88 Å². The van der Waals surface area contributed by atoms with Crippen molar-refractivity contribution in [1.82, 2.24) is 9.88 Å². The predicted octanol–water partition coefficient (Wildman–Crippen LogP) is 2.67. The van der Waals surface area contributed by atoms with Crippen LogP contribution in [-0.2, 0) is 16.1 Å². The van der Waals surface area contributed by atoms with Crippen LogP contribution in [0, 0.1) is 6.92 Å². The molecule has 1 aromatic carbocycles. The number of amides is 1. The Morgan fingerprint density at radius 2 is 1.96 bits per heavy atom. The van der Waals surface area contributed by atoms with Gasteiger partial charge in [0.25, 0.3) is 11.7 Å². The second-order valence-corrected chi connectivity index (χ2v) is 6.09. The van der Waals surface area contributed by atoms with E-state index in [-0.39, 0.29) is 6.61 Å². The molecule has 0 aliphatic carbocycles. The molecule has 0 saturated heterocycles. The average Bonchev–Trinajstić information content (AvgIpc) is 2.88. The van der Waals surface area contributed by atoms with Gasteiger partial charge in [0.2, 0.25) is 0 Å². The maximum atomic E-state index is 12.4. The fraction of sp³-hybridized carbons (Fsp3) is 0.500. The summed E-state index contributed by atoms with van der Waals surface area (Å²) in [6.07, 6.45) is -4.48. The van der Waals surface area contributed by atoms with Crippen LogP contribution in [0.5, 0.6) is 0 Å². The summed E-state index contributed by atoms with van der Waals surface area (Å²) in [5.41, 5.74) is 1.67. The zero-order valence-corrected chi connectivity index (χ0v) is 15.7. The minimum atomic E-state index is -4.48. The Balaban J connectivity index is 2.50. The van der Waals surface area contributed by atoms with Crippen molar-refractivity contribution in [3.8, 4) is 0 Å². The fourth-order valence-electron chi connectivity index (χ4n) is 3.11. The zero-order valence-electron chi connectivity index (χ0n) is 15.7. The highest BCUT2D eigenvalue weighted by molar-refractivity contribution is 5.93. The number of halogens is 3. The number of nitrogens with one attached hydrogen (secondary N) is 1. The van der Waals surface area contributed by atoms with Crippen LogP contribution in [0.2, 0.25) is 0 Å². The van der Waals surface area contributed by atoms with Gasteiger partial charge < -0.3 is 10.1 Å². The molecule has 0 fully saturated rings. The molecule has 27 heavy (non-hydrogen) atoms. The topological polar surface area (TPSA) is 64.2 Å². The monoisotopic (exact) mass is 386 g/mol. The molecule has 0 bridgehead atoms. The summed E-state index contributed by atoms with van der Waals surface area (Å²) >= 11 is 0. The van der Waals surface area contributed by atoms with Gasteiger partial charge in [-0.1, -0.05) is 0 Å². The number of rotatable bonds is 6. The number of nitrogens with zero attached hydrogens (tertiary/aromatic N) is 2. The molecular weight excluding hydrogens is 363 g/mol. The number of imidazole rings is 1. The van der Waals surface area contributed by atoms with E-state index in [2.05, 4.69) is 0 Å². The van der Waals surface area contributed by atoms with E-state index < -0.39 is 30.6 Å². The number of esters is 1. The van der Waals surface area contributed by atoms with Crippen LogP contribution in [-0.4, -0.2) is 35.8 Å². The van der Waals surface area contributed by atoms with Crippen molar-refractivity contribution in [2.24, 2.45) is 0 Å². The second kappa shape index (κ2) is 7.98. The minimum absolute atomic E-state index is 0.224. The van der Waals surface area contributed by atoms with Crippen LogP contribution in [0.1, 0.15) is 43.0 Å². The molecule has 0 aliphatic heterocycles. The molecule has 148 valence electrons. The number of hydrogen-bond donors (Lipinski definition) is 1. The Bertz CT molecular complexity index is 859. The number of hydrogen-bond acceptors (Lipinski definition) is 3. The number of benzene rings is 1. The van der Waals surface area contributed by atoms with Crippen molar-refractivity contribution >= 4 is 22.9 Å². The number of carbonyl (C=O) groups excluding carboxylic acids is 2. The summed E-state index contributed by atoms with van der Waals surface area (Å²) in [5, 5.41) is 1.91. The predicted molar refractivity (Wildman–Crippen MR) is 92.3 cm³/mol. The van der Waals surface area contributed by atoms with E-state index in [0.29, 0.717) is 23.4 Å². The van der Waals surface area contributed by atoms with Crippen molar-refractivity contribution in [2.75, 3.05) is 13.2 Å². The second-order valence-electron chi connectivity index (χ2n) is 6.09. The molecule has 0 aliphatic rings. The molecule has 1 aromatic heterocycles. The van der Waals surface area contributed by atoms with E-state index in [1.807, 2.05) is 16.8 Å². The van der Waals surface area contributed by atoms with Crippen molar-refractivity contribution in [2.45, 2.75) is 46.5 Å². The maximum absolute atomic E-state index is 12.4.